The van der Waals surface area contributed by atoms with Gasteiger partial charge in [-0.25, -0.2) is 13.2 Å². The number of sulfonamides is 1. The van der Waals surface area contributed by atoms with Crippen LogP contribution < -0.4 is 14.2 Å². The van der Waals surface area contributed by atoms with Crippen LogP contribution in [0.5, 0.6) is 11.5 Å². The Morgan fingerprint density at radius 1 is 1.08 bits per heavy atom. The fraction of sp³-hybridized carbons (Fsp3) is 0.235. The lowest BCUT2D eigenvalue weighted by Gasteiger charge is -2.16. The summed E-state index contributed by atoms with van der Waals surface area (Å²) in [6.07, 6.45) is 0. The summed E-state index contributed by atoms with van der Waals surface area (Å²) in [5, 5.41) is 9.45. The molecule has 0 radical (unpaired) electrons. The van der Waals surface area contributed by atoms with E-state index in [-0.39, 0.29) is 32.7 Å². The van der Waals surface area contributed by atoms with Crippen molar-refractivity contribution in [2.75, 3.05) is 18.9 Å². The Kier molecular flexibility index (Phi) is 5.68. The van der Waals surface area contributed by atoms with Crippen LogP contribution in [0.4, 0.5) is 5.69 Å². The zero-order chi connectivity index (χ0) is 19.6. The molecule has 0 amide bonds. The minimum absolute atomic E-state index is 0.117. The van der Waals surface area contributed by atoms with Gasteiger partial charge in [0.1, 0.15) is 11.5 Å². The summed E-state index contributed by atoms with van der Waals surface area (Å²) in [4.78, 5) is 11.1. The van der Waals surface area contributed by atoms with Crippen molar-refractivity contribution in [2.24, 2.45) is 0 Å². The van der Waals surface area contributed by atoms with E-state index in [9.17, 15) is 18.3 Å². The number of methoxy groups -OCH3 is 2. The first-order valence-electron chi connectivity index (χ1n) is 7.39. The summed E-state index contributed by atoms with van der Waals surface area (Å²) >= 11 is 6.02. The maximum Gasteiger partial charge on any atom is 0.335 e. The van der Waals surface area contributed by atoms with Gasteiger partial charge in [-0.05, 0) is 37.1 Å². The topological polar surface area (TPSA) is 102 Å². The van der Waals surface area contributed by atoms with Crippen LogP contribution in [0.1, 0.15) is 21.5 Å². The van der Waals surface area contributed by atoms with E-state index in [2.05, 4.69) is 4.72 Å². The van der Waals surface area contributed by atoms with Gasteiger partial charge < -0.3 is 14.6 Å². The van der Waals surface area contributed by atoms with Gasteiger partial charge in [0.15, 0.2) is 0 Å². The Labute approximate surface area is 156 Å². The van der Waals surface area contributed by atoms with Gasteiger partial charge in [0, 0.05) is 12.1 Å². The number of rotatable bonds is 6. The zero-order valence-corrected chi connectivity index (χ0v) is 16.2. The smallest absolute Gasteiger partial charge is 0.335 e. The van der Waals surface area contributed by atoms with Crippen LogP contribution >= 0.6 is 11.6 Å². The molecule has 2 aromatic carbocycles. The third-order valence-electron chi connectivity index (χ3n) is 3.87. The molecule has 0 atom stereocenters. The van der Waals surface area contributed by atoms with Crippen LogP contribution in [0.25, 0.3) is 0 Å². The number of aromatic carboxylic acids is 1. The number of hydrogen-bond donors (Lipinski definition) is 2. The maximum absolute atomic E-state index is 12.9. The second-order valence-corrected chi connectivity index (χ2v) is 7.57. The lowest BCUT2D eigenvalue weighted by molar-refractivity contribution is 0.0696. The van der Waals surface area contributed by atoms with Crippen molar-refractivity contribution in [3.8, 4) is 11.5 Å². The van der Waals surface area contributed by atoms with Crippen LogP contribution in [0.2, 0.25) is 5.02 Å². The molecule has 26 heavy (non-hydrogen) atoms. The van der Waals surface area contributed by atoms with Crippen LogP contribution in [0.15, 0.2) is 29.2 Å². The van der Waals surface area contributed by atoms with Gasteiger partial charge in [0.2, 0.25) is 0 Å². The van der Waals surface area contributed by atoms with E-state index in [1.165, 1.54) is 32.4 Å². The van der Waals surface area contributed by atoms with Gasteiger partial charge in [-0.3, -0.25) is 4.72 Å². The number of ether oxygens (including phenoxy) is 2. The Morgan fingerprint density at radius 2 is 1.69 bits per heavy atom. The molecule has 0 heterocycles. The molecule has 0 aliphatic heterocycles. The first kappa shape index (κ1) is 19.9. The van der Waals surface area contributed by atoms with Gasteiger partial charge in [-0.15, -0.1) is 0 Å². The molecule has 140 valence electrons. The molecule has 0 aliphatic rings. The number of benzene rings is 2. The minimum Gasteiger partial charge on any atom is -0.495 e. The molecule has 0 aliphatic carbocycles. The molecule has 2 N–H and O–H groups in total. The maximum atomic E-state index is 12.9. The van der Waals surface area contributed by atoms with E-state index in [0.717, 1.165) is 6.07 Å². The largest absolute Gasteiger partial charge is 0.495 e. The normalized spacial score (nSPS) is 11.1. The molecule has 9 heteroatoms. The van der Waals surface area contributed by atoms with Crippen molar-refractivity contribution >= 4 is 33.3 Å². The van der Waals surface area contributed by atoms with Crippen LogP contribution in [-0.2, 0) is 10.0 Å². The van der Waals surface area contributed by atoms with Gasteiger partial charge in [0.05, 0.1) is 35.4 Å². The molecular weight excluding hydrogens is 382 g/mol. The molecule has 2 aromatic rings. The number of aryl methyl sites for hydroxylation is 1. The summed E-state index contributed by atoms with van der Waals surface area (Å²) in [6, 6.07) is 5.35. The van der Waals surface area contributed by atoms with Crippen LogP contribution in [0, 0.1) is 13.8 Å². The molecule has 0 saturated heterocycles. The molecule has 0 fully saturated rings. The number of nitrogens with one attached hydrogen (secondary N) is 1. The molecule has 0 saturated carbocycles. The summed E-state index contributed by atoms with van der Waals surface area (Å²) in [5.41, 5.74) is 0.994. The fourth-order valence-corrected chi connectivity index (χ4v) is 4.01. The number of halogens is 1. The highest BCUT2D eigenvalue weighted by molar-refractivity contribution is 7.92. The Balaban J connectivity index is 2.59. The highest BCUT2D eigenvalue weighted by Gasteiger charge is 2.23. The lowest BCUT2D eigenvalue weighted by atomic mass is 10.1. The summed E-state index contributed by atoms with van der Waals surface area (Å²) in [6.45, 7) is 3.25. The number of carboxylic acids is 1. The first-order valence-corrected chi connectivity index (χ1v) is 9.25. The number of carboxylic acid groups (broad SMARTS) is 1. The van der Waals surface area contributed by atoms with Gasteiger partial charge in [-0.2, -0.15) is 0 Å². The predicted octanol–water partition coefficient (Wildman–Crippen LogP) is 3.47. The monoisotopic (exact) mass is 399 g/mol. The number of hydrogen-bond acceptors (Lipinski definition) is 5. The van der Waals surface area contributed by atoms with Crippen molar-refractivity contribution < 1.29 is 27.8 Å². The third kappa shape index (κ3) is 3.86. The Hall–Kier alpha value is -2.45. The summed E-state index contributed by atoms with van der Waals surface area (Å²) in [5.74, 6) is -0.754. The molecule has 7 nitrogen and oxygen atoms in total. The molecule has 2 rings (SSSR count). The van der Waals surface area contributed by atoms with Crippen LogP contribution in [0.3, 0.4) is 0 Å². The van der Waals surface area contributed by atoms with E-state index in [0.29, 0.717) is 11.1 Å². The predicted molar refractivity (Wildman–Crippen MR) is 98.2 cm³/mol. The van der Waals surface area contributed by atoms with Crippen molar-refractivity contribution in [3.05, 3.63) is 46.0 Å². The van der Waals surface area contributed by atoms with E-state index < -0.39 is 16.0 Å². The average molecular weight is 400 g/mol. The Morgan fingerprint density at radius 3 is 2.23 bits per heavy atom. The summed E-state index contributed by atoms with van der Waals surface area (Å²) in [7, 11) is -1.31. The summed E-state index contributed by atoms with van der Waals surface area (Å²) < 4.78 is 38.4. The average Bonchev–Trinajstić information content (AvgIpc) is 2.57. The zero-order valence-electron chi connectivity index (χ0n) is 14.6. The highest BCUT2D eigenvalue weighted by Crippen LogP contribution is 2.37. The third-order valence-corrected chi connectivity index (χ3v) is 5.66. The lowest BCUT2D eigenvalue weighted by Crippen LogP contribution is -2.16. The van der Waals surface area contributed by atoms with Crippen molar-refractivity contribution in [1.29, 1.82) is 0 Å². The molecule has 0 unspecified atom stereocenters. The van der Waals surface area contributed by atoms with E-state index in [1.54, 1.807) is 13.8 Å². The van der Waals surface area contributed by atoms with Gasteiger partial charge in [-0.1, -0.05) is 11.6 Å². The number of anilines is 1. The van der Waals surface area contributed by atoms with Crippen molar-refractivity contribution in [3.63, 3.8) is 0 Å². The van der Waals surface area contributed by atoms with E-state index in [1.807, 2.05) is 0 Å². The molecule has 0 aromatic heterocycles. The second-order valence-electron chi connectivity index (χ2n) is 5.51. The minimum atomic E-state index is -4.08. The first-order chi connectivity index (χ1) is 12.1. The standard InChI is InChI=1S/C17H18ClNO6S/c1-9-5-11(17(20)21)6-16(10(9)2)26(22,23)19-13-8-14(24-3)12(18)7-15(13)25-4/h5-8,19H,1-4H3,(H,20,21). The van der Waals surface area contributed by atoms with Crippen molar-refractivity contribution in [1.82, 2.24) is 0 Å². The molecule has 0 spiro atoms. The molecular formula is C17H18ClNO6S. The Bertz CT molecular complexity index is 972. The van der Waals surface area contributed by atoms with Gasteiger partial charge >= 0.3 is 5.97 Å². The molecule has 0 bridgehead atoms. The van der Waals surface area contributed by atoms with Gasteiger partial charge in [0.25, 0.3) is 10.0 Å². The van der Waals surface area contributed by atoms with Crippen LogP contribution in [-0.4, -0.2) is 33.7 Å². The highest BCUT2D eigenvalue weighted by atomic mass is 35.5. The quantitative estimate of drug-likeness (QED) is 0.771. The van der Waals surface area contributed by atoms with Crippen molar-refractivity contribution in [2.45, 2.75) is 18.7 Å². The van der Waals surface area contributed by atoms with E-state index in [4.69, 9.17) is 21.1 Å². The fourth-order valence-electron chi connectivity index (χ4n) is 2.37. The van der Waals surface area contributed by atoms with E-state index >= 15 is 0 Å². The SMILES string of the molecule is COc1cc(NS(=O)(=O)c2cc(C(=O)O)cc(C)c2C)c(OC)cc1Cl. The number of carbonyl (C=O) groups is 1. The second kappa shape index (κ2) is 7.43.